The maximum absolute atomic E-state index is 13.8. The van der Waals surface area contributed by atoms with E-state index >= 15 is 0 Å². The summed E-state index contributed by atoms with van der Waals surface area (Å²) in [5.74, 6) is -2.81. The third-order valence-electron chi connectivity index (χ3n) is 5.33. The monoisotopic (exact) mass is 536 g/mol. The van der Waals surface area contributed by atoms with Gasteiger partial charge in [-0.05, 0) is 58.2 Å². The van der Waals surface area contributed by atoms with Crippen LogP contribution in [0.5, 0.6) is 0 Å². The number of nitrogens with two attached hydrogens (primary N) is 1. The van der Waals surface area contributed by atoms with Crippen LogP contribution in [0.4, 0.5) is 4.79 Å². The molecule has 12 heteroatoms. The van der Waals surface area contributed by atoms with Gasteiger partial charge in [-0.2, -0.15) is 0 Å². The molecule has 1 aromatic carbocycles. The lowest BCUT2D eigenvalue weighted by atomic mass is 9.93. The fraction of sp³-hybridized carbons (Fsp3) is 0.577. The summed E-state index contributed by atoms with van der Waals surface area (Å²) < 4.78 is 10.1. The summed E-state index contributed by atoms with van der Waals surface area (Å²) in [6, 6.07) is 2.61. The SMILES string of the molecule is CCOC(=O)CCNC(=O)C(c1c(C)cccc1C)N(CCO)C(=O)C(CC(N)=O)NC(=O)OC(C)(C)C. The van der Waals surface area contributed by atoms with Crippen LogP contribution in [-0.2, 0) is 28.7 Å². The minimum absolute atomic E-state index is 0.0544. The van der Waals surface area contributed by atoms with E-state index in [9.17, 15) is 29.1 Å². The number of carbonyl (C=O) groups is 5. The van der Waals surface area contributed by atoms with Gasteiger partial charge in [0, 0.05) is 13.1 Å². The van der Waals surface area contributed by atoms with Crippen LogP contribution >= 0.6 is 0 Å². The van der Waals surface area contributed by atoms with E-state index in [4.69, 9.17) is 15.2 Å². The predicted octanol–water partition coefficient (Wildman–Crippen LogP) is 1.00. The Morgan fingerprint density at radius 1 is 1.11 bits per heavy atom. The molecule has 4 amide bonds. The van der Waals surface area contributed by atoms with Crippen molar-refractivity contribution in [2.24, 2.45) is 5.73 Å². The van der Waals surface area contributed by atoms with Crippen molar-refractivity contribution in [3.05, 3.63) is 34.9 Å². The number of nitrogens with one attached hydrogen (secondary N) is 2. The maximum atomic E-state index is 13.8. The predicted molar refractivity (Wildman–Crippen MR) is 139 cm³/mol. The van der Waals surface area contributed by atoms with E-state index < -0.39 is 60.5 Å². The quantitative estimate of drug-likeness (QED) is 0.270. The molecule has 1 aromatic rings. The topological polar surface area (TPSA) is 177 Å². The van der Waals surface area contributed by atoms with Gasteiger partial charge in [0.25, 0.3) is 0 Å². The molecule has 2 unspecified atom stereocenters. The van der Waals surface area contributed by atoms with E-state index in [-0.39, 0.29) is 26.1 Å². The Bertz CT molecular complexity index is 985. The molecule has 0 bridgehead atoms. The molecule has 0 spiro atoms. The van der Waals surface area contributed by atoms with Gasteiger partial charge in [-0.15, -0.1) is 0 Å². The summed E-state index contributed by atoms with van der Waals surface area (Å²) in [5.41, 5.74) is 6.35. The average molecular weight is 537 g/mol. The van der Waals surface area contributed by atoms with E-state index in [1.807, 2.05) is 0 Å². The van der Waals surface area contributed by atoms with Gasteiger partial charge in [0.2, 0.25) is 17.7 Å². The summed E-state index contributed by atoms with van der Waals surface area (Å²) >= 11 is 0. The number of ether oxygens (including phenoxy) is 2. The lowest BCUT2D eigenvalue weighted by Gasteiger charge is -2.35. The molecule has 2 atom stereocenters. The molecular formula is C26H40N4O8. The van der Waals surface area contributed by atoms with E-state index in [0.717, 1.165) is 4.90 Å². The maximum Gasteiger partial charge on any atom is 0.408 e. The van der Waals surface area contributed by atoms with Crippen molar-refractivity contribution in [2.45, 2.75) is 72.1 Å². The zero-order valence-corrected chi connectivity index (χ0v) is 23.0. The van der Waals surface area contributed by atoms with Gasteiger partial charge in [0.1, 0.15) is 17.7 Å². The minimum Gasteiger partial charge on any atom is -0.466 e. The smallest absolute Gasteiger partial charge is 0.408 e. The standard InChI is InChI=1S/C26H40N4O8/c1-7-37-20(33)11-12-28-23(34)22(21-16(2)9-8-10-17(21)3)30(13-14-31)24(35)18(15-19(27)32)29-25(36)38-26(4,5)6/h8-10,18,22,31H,7,11-15H2,1-6H3,(H2,27,32)(H,28,34)(H,29,36). The van der Waals surface area contributed by atoms with E-state index in [1.54, 1.807) is 59.7 Å². The second-order valence-electron chi connectivity index (χ2n) is 9.68. The number of nitrogens with zero attached hydrogens (tertiary/aromatic N) is 1. The van der Waals surface area contributed by atoms with Crippen LogP contribution in [0, 0.1) is 13.8 Å². The van der Waals surface area contributed by atoms with Crippen LogP contribution < -0.4 is 16.4 Å². The zero-order valence-electron chi connectivity index (χ0n) is 23.0. The van der Waals surface area contributed by atoms with Crippen LogP contribution in [0.1, 0.15) is 63.3 Å². The summed E-state index contributed by atoms with van der Waals surface area (Å²) in [5, 5.41) is 14.8. The van der Waals surface area contributed by atoms with Gasteiger partial charge in [0.05, 0.1) is 26.1 Å². The highest BCUT2D eigenvalue weighted by Crippen LogP contribution is 2.28. The molecule has 0 fully saturated rings. The molecule has 0 aliphatic rings. The Kier molecular flexibility index (Phi) is 12.7. The Hall–Kier alpha value is -3.67. The molecule has 5 N–H and O–H groups in total. The number of aliphatic hydroxyl groups excluding tert-OH is 1. The van der Waals surface area contributed by atoms with Gasteiger partial charge in [-0.25, -0.2) is 4.79 Å². The Labute approximate surface area is 223 Å². The first-order chi connectivity index (χ1) is 17.7. The molecular weight excluding hydrogens is 496 g/mol. The number of aliphatic hydroxyl groups is 1. The summed E-state index contributed by atoms with van der Waals surface area (Å²) in [4.78, 5) is 64.3. The lowest BCUT2D eigenvalue weighted by molar-refractivity contribution is -0.145. The van der Waals surface area contributed by atoms with Crippen molar-refractivity contribution in [3.63, 3.8) is 0 Å². The first kappa shape index (κ1) is 32.4. The number of aryl methyl sites for hydroxylation is 2. The number of primary amides is 1. The van der Waals surface area contributed by atoms with Crippen molar-refractivity contribution in [3.8, 4) is 0 Å². The Morgan fingerprint density at radius 3 is 2.21 bits per heavy atom. The fourth-order valence-corrected chi connectivity index (χ4v) is 3.83. The second-order valence-corrected chi connectivity index (χ2v) is 9.68. The largest absolute Gasteiger partial charge is 0.466 e. The van der Waals surface area contributed by atoms with Gasteiger partial charge < -0.3 is 35.8 Å². The number of hydrogen-bond acceptors (Lipinski definition) is 8. The highest BCUT2D eigenvalue weighted by Gasteiger charge is 2.38. The third kappa shape index (κ3) is 10.4. The Balaban J connectivity index is 3.46. The normalized spacial score (nSPS) is 12.6. The lowest BCUT2D eigenvalue weighted by Crippen LogP contribution is -2.55. The Morgan fingerprint density at radius 2 is 1.71 bits per heavy atom. The summed E-state index contributed by atoms with van der Waals surface area (Å²) in [7, 11) is 0. The fourth-order valence-electron chi connectivity index (χ4n) is 3.83. The molecule has 0 aromatic heterocycles. The van der Waals surface area contributed by atoms with Crippen LogP contribution in [0.25, 0.3) is 0 Å². The van der Waals surface area contributed by atoms with Crippen molar-refractivity contribution in [2.75, 3.05) is 26.3 Å². The van der Waals surface area contributed by atoms with Gasteiger partial charge in [0.15, 0.2) is 0 Å². The second kappa shape index (κ2) is 14.9. The molecule has 1 rings (SSSR count). The number of carbonyl (C=O) groups excluding carboxylic acids is 5. The molecule has 38 heavy (non-hydrogen) atoms. The molecule has 12 nitrogen and oxygen atoms in total. The van der Waals surface area contributed by atoms with Crippen molar-refractivity contribution in [1.82, 2.24) is 15.5 Å². The molecule has 0 aliphatic carbocycles. The van der Waals surface area contributed by atoms with Crippen molar-refractivity contribution >= 4 is 29.8 Å². The first-order valence-corrected chi connectivity index (χ1v) is 12.4. The van der Waals surface area contributed by atoms with E-state index in [0.29, 0.717) is 16.7 Å². The first-order valence-electron chi connectivity index (χ1n) is 12.4. The summed E-state index contributed by atoms with van der Waals surface area (Å²) in [6.45, 7) is 9.43. The van der Waals surface area contributed by atoms with E-state index in [1.165, 1.54) is 0 Å². The third-order valence-corrected chi connectivity index (χ3v) is 5.33. The number of rotatable bonds is 13. The molecule has 0 radical (unpaired) electrons. The number of amides is 4. The number of benzene rings is 1. The number of esters is 1. The number of alkyl carbamates (subject to hydrolysis) is 1. The highest BCUT2D eigenvalue weighted by atomic mass is 16.6. The van der Waals surface area contributed by atoms with E-state index in [2.05, 4.69) is 10.6 Å². The van der Waals surface area contributed by atoms with Crippen LogP contribution in [0.2, 0.25) is 0 Å². The molecule has 0 saturated carbocycles. The zero-order chi connectivity index (χ0) is 29.0. The highest BCUT2D eigenvalue weighted by molar-refractivity contribution is 5.95. The van der Waals surface area contributed by atoms with Gasteiger partial charge in [-0.3, -0.25) is 19.2 Å². The van der Waals surface area contributed by atoms with Crippen LogP contribution in [-0.4, -0.2) is 77.7 Å². The molecule has 212 valence electrons. The van der Waals surface area contributed by atoms with Crippen LogP contribution in [0.3, 0.4) is 0 Å². The summed E-state index contributed by atoms with van der Waals surface area (Å²) in [6.07, 6.45) is -1.61. The average Bonchev–Trinajstić information content (AvgIpc) is 2.78. The molecule has 0 aliphatic heterocycles. The van der Waals surface area contributed by atoms with Crippen molar-refractivity contribution < 1.29 is 38.6 Å². The van der Waals surface area contributed by atoms with Gasteiger partial charge in [-0.1, -0.05) is 18.2 Å². The molecule has 0 saturated heterocycles. The molecule has 0 heterocycles. The number of hydrogen-bond donors (Lipinski definition) is 4. The van der Waals surface area contributed by atoms with Gasteiger partial charge >= 0.3 is 12.1 Å². The van der Waals surface area contributed by atoms with Crippen LogP contribution in [0.15, 0.2) is 18.2 Å². The van der Waals surface area contributed by atoms with Crippen molar-refractivity contribution in [1.29, 1.82) is 0 Å². The minimum atomic E-state index is -1.46.